The maximum absolute atomic E-state index is 6.29. The highest BCUT2D eigenvalue weighted by Gasteiger charge is 2.20. The highest BCUT2D eigenvalue weighted by molar-refractivity contribution is 7.09. The number of nitrogens with two attached hydrogens (primary N) is 1. The molecule has 0 spiro atoms. The van der Waals surface area contributed by atoms with E-state index in [1.165, 1.54) is 0 Å². The molecule has 0 aliphatic rings. The smallest absolute Gasteiger partial charge is 0.130 e. The van der Waals surface area contributed by atoms with Gasteiger partial charge >= 0.3 is 0 Å². The van der Waals surface area contributed by atoms with Crippen LogP contribution in [-0.2, 0) is 7.05 Å². The average molecular weight is 305 g/mol. The fourth-order valence-electron chi connectivity index (χ4n) is 2.12. The van der Waals surface area contributed by atoms with Crippen molar-refractivity contribution < 1.29 is 0 Å². The third-order valence-corrected chi connectivity index (χ3v) is 4.20. The second-order valence-corrected chi connectivity index (χ2v) is 5.93. The number of thiazole rings is 1. The van der Waals surface area contributed by atoms with Crippen molar-refractivity contribution in [1.82, 2.24) is 14.8 Å². The summed E-state index contributed by atoms with van der Waals surface area (Å²) in [6, 6.07) is 7.62. The van der Waals surface area contributed by atoms with E-state index in [1.54, 1.807) is 16.0 Å². The van der Waals surface area contributed by atoms with Crippen molar-refractivity contribution in [2.24, 2.45) is 7.05 Å². The van der Waals surface area contributed by atoms with E-state index < -0.39 is 0 Å². The lowest BCUT2D eigenvalue weighted by molar-refractivity contribution is 0.781. The SMILES string of the molecule is Cc1nc(-c2nn(C)c(N)c2-c2ccccc2Cl)cs1. The predicted octanol–water partition coefficient (Wildman–Crippen LogP) is 3.75. The molecule has 3 aromatic rings. The molecule has 0 bridgehead atoms. The van der Waals surface area contributed by atoms with Gasteiger partial charge in [0, 0.05) is 23.0 Å². The van der Waals surface area contributed by atoms with Gasteiger partial charge in [0.05, 0.1) is 10.6 Å². The molecule has 0 saturated carbocycles. The number of rotatable bonds is 2. The van der Waals surface area contributed by atoms with E-state index in [-0.39, 0.29) is 0 Å². The van der Waals surface area contributed by atoms with Crippen LogP contribution in [0.1, 0.15) is 5.01 Å². The molecule has 0 aliphatic carbocycles. The maximum atomic E-state index is 6.29. The van der Waals surface area contributed by atoms with Gasteiger partial charge in [0.25, 0.3) is 0 Å². The van der Waals surface area contributed by atoms with E-state index in [2.05, 4.69) is 10.1 Å². The van der Waals surface area contributed by atoms with E-state index in [0.717, 1.165) is 27.5 Å². The highest BCUT2D eigenvalue weighted by atomic mass is 35.5. The van der Waals surface area contributed by atoms with Crippen LogP contribution in [0.2, 0.25) is 5.02 Å². The molecule has 2 heterocycles. The fourth-order valence-corrected chi connectivity index (χ4v) is 2.95. The average Bonchev–Trinajstić information content (AvgIpc) is 2.96. The summed E-state index contributed by atoms with van der Waals surface area (Å²) in [5.41, 5.74) is 9.47. The monoisotopic (exact) mass is 304 g/mol. The molecule has 2 N–H and O–H groups in total. The van der Waals surface area contributed by atoms with Gasteiger partial charge in [-0.1, -0.05) is 29.8 Å². The Kier molecular flexibility index (Phi) is 3.23. The van der Waals surface area contributed by atoms with Gasteiger partial charge in [-0.3, -0.25) is 4.68 Å². The lowest BCUT2D eigenvalue weighted by Gasteiger charge is -2.05. The first kappa shape index (κ1) is 13.1. The van der Waals surface area contributed by atoms with Gasteiger partial charge in [-0.05, 0) is 13.0 Å². The normalized spacial score (nSPS) is 10.9. The van der Waals surface area contributed by atoms with E-state index in [1.807, 2.05) is 43.6 Å². The molecule has 0 saturated heterocycles. The molecular weight excluding hydrogens is 292 g/mol. The third-order valence-electron chi connectivity index (χ3n) is 3.10. The van der Waals surface area contributed by atoms with Gasteiger partial charge < -0.3 is 5.73 Å². The number of anilines is 1. The summed E-state index contributed by atoms with van der Waals surface area (Å²) in [6.07, 6.45) is 0. The number of hydrogen-bond acceptors (Lipinski definition) is 4. The number of aryl methyl sites for hydroxylation is 2. The van der Waals surface area contributed by atoms with Crippen LogP contribution in [0, 0.1) is 6.92 Å². The molecular formula is C14H13ClN4S. The summed E-state index contributed by atoms with van der Waals surface area (Å²) in [7, 11) is 1.82. The fraction of sp³-hybridized carbons (Fsp3) is 0.143. The topological polar surface area (TPSA) is 56.7 Å². The highest BCUT2D eigenvalue weighted by Crippen LogP contribution is 2.39. The molecule has 0 atom stereocenters. The molecule has 0 fully saturated rings. The van der Waals surface area contributed by atoms with Crippen molar-refractivity contribution in [2.45, 2.75) is 6.92 Å². The molecule has 0 aliphatic heterocycles. The minimum absolute atomic E-state index is 0.582. The van der Waals surface area contributed by atoms with Crippen molar-refractivity contribution in [3.63, 3.8) is 0 Å². The molecule has 0 unspecified atom stereocenters. The lowest BCUT2D eigenvalue weighted by atomic mass is 10.0. The van der Waals surface area contributed by atoms with E-state index in [4.69, 9.17) is 17.3 Å². The van der Waals surface area contributed by atoms with E-state index >= 15 is 0 Å². The number of benzene rings is 1. The second kappa shape index (κ2) is 4.92. The quantitative estimate of drug-likeness (QED) is 0.784. The van der Waals surface area contributed by atoms with Crippen LogP contribution in [0.15, 0.2) is 29.6 Å². The first-order chi connectivity index (χ1) is 9.58. The minimum atomic E-state index is 0.582. The molecule has 6 heteroatoms. The number of aromatic nitrogens is 3. The van der Waals surface area contributed by atoms with Gasteiger partial charge in [0.15, 0.2) is 0 Å². The summed E-state index contributed by atoms with van der Waals surface area (Å²) in [5, 5.41) is 8.12. The van der Waals surface area contributed by atoms with Crippen LogP contribution >= 0.6 is 22.9 Å². The third kappa shape index (κ3) is 2.09. The Morgan fingerprint density at radius 2 is 2.05 bits per heavy atom. The summed E-state index contributed by atoms with van der Waals surface area (Å²) < 4.78 is 1.66. The van der Waals surface area contributed by atoms with Crippen molar-refractivity contribution in [1.29, 1.82) is 0 Å². The minimum Gasteiger partial charge on any atom is -0.383 e. The zero-order valence-electron chi connectivity index (χ0n) is 11.1. The van der Waals surface area contributed by atoms with Crippen LogP contribution in [0.5, 0.6) is 0 Å². The summed E-state index contributed by atoms with van der Waals surface area (Å²) in [5.74, 6) is 0.582. The number of hydrogen-bond donors (Lipinski definition) is 1. The van der Waals surface area contributed by atoms with Crippen LogP contribution in [0.3, 0.4) is 0 Å². The molecule has 4 nitrogen and oxygen atoms in total. The van der Waals surface area contributed by atoms with Crippen LogP contribution in [-0.4, -0.2) is 14.8 Å². The van der Waals surface area contributed by atoms with Crippen LogP contribution in [0.25, 0.3) is 22.5 Å². The van der Waals surface area contributed by atoms with Crippen molar-refractivity contribution in [2.75, 3.05) is 5.73 Å². The Bertz CT molecular complexity index is 775. The largest absolute Gasteiger partial charge is 0.383 e. The van der Waals surface area contributed by atoms with Gasteiger partial charge in [0.1, 0.15) is 17.2 Å². The summed E-state index contributed by atoms with van der Waals surface area (Å²) in [6.45, 7) is 1.97. The predicted molar refractivity (Wildman–Crippen MR) is 83.9 cm³/mol. The Morgan fingerprint density at radius 3 is 2.70 bits per heavy atom. The number of halogens is 1. The molecule has 20 heavy (non-hydrogen) atoms. The Morgan fingerprint density at radius 1 is 1.30 bits per heavy atom. The maximum Gasteiger partial charge on any atom is 0.130 e. The van der Waals surface area contributed by atoms with Crippen molar-refractivity contribution in [3.8, 4) is 22.5 Å². The lowest BCUT2D eigenvalue weighted by Crippen LogP contribution is -1.98. The van der Waals surface area contributed by atoms with Gasteiger partial charge in [0.2, 0.25) is 0 Å². The van der Waals surface area contributed by atoms with E-state index in [9.17, 15) is 0 Å². The van der Waals surface area contributed by atoms with Gasteiger partial charge in [-0.25, -0.2) is 4.98 Å². The van der Waals surface area contributed by atoms with Gasteiger partial charge in [-0.15, -0.1) is 11.3 Å². The summed E-state index contributed by atoms with van der Waals surface area (Å²) in [4.78, 5) is 4.50. The van der Waals surface area contributed by atoms with Gasteiger partial charge in [-0.2, -0.15) is 5.10 Å². The Balaban J connectivity index is 2.28. The van der Waals surface area contributed by atoms with Crippen molar-refractivity contribution >= 4 is 28.8 Å². The first-order valence-corrected chi connectivity index (χ1v) is 7.33. The Labute approximate surface area is 125 Å². The Hall–Kier alpha value is -1.85. The van der Waals surface area contributed by atoms with Crippen molar-refractivity contribution in [3.05, 3.63) is 39.7 Å². The standard InChI is InChI=1S/C14H13ClN4S/c1-8-17-11(7-20-8)13-12(14(16)19(2)18-13)9-5-3-4-6-10(9)15/h3-7H,16H2,1-2H3. The number of nitrogen functional groups attached to an aromatic ring is 1. The molecule has 102 valence electrons. The first-order valence-electron chi connectivity index (χ1n) is 6.08. The zero-order valence-corrected chi connectivity index (χ0v) is 12.7. The summed E-state index contributed by atoms with van der Waals surface area (Å²) >= 11 is 7.88. The second-order valence-electron chi connectivity index (χ2n) is 4.46. The molecule has 0 radical (unpaired) electrons. The molecule has 3 rings (SSSR count). The van der Waals surface area contributed by atoms with Crippen LogP contribution < -0.4 is 5.73 Å². The van der Waals surface area contributed by atoms with Crippen LogP contribution in [0.4, 0.5) is 5.82 Å². The number of nitrogens with zero attached hydrogens (tertiary/aromatic N) is 3. The molecule has 1 aromatic carbocycles. The molecule has 0 amide bonds. The zero-order chi connectivity index (χ0) is 14.3. The van der Waals surface area contributed by atoms with E-state index in [0.29, 0.717) is 10.8 Å². The molecule has 2 aromatic heterocycles.